The highest BCUT2D eigenvalue weighted by Gasteiger charge is 2.77. The molecule has 0 unspecified atom stereocenters. The van der Waals surface area contributed by atoms with Gasteiger partial charge in [0.1, 0.15) is 23.1 Å². The number of rotatable bonds is 4. The first-order valence-electron chi connectivity index (χ1n) is 7.70. The summed E-state index contributed by atoms with van der Waals surface area (Å²) in [4.78, 5) is 26.1. The number of β-lactam (4-membered cyclic amide) rings is 1. The van der Waals surface area contributed by atoms with E-state index in [-0.39, 0.29) is 6.61 Å². The molecule has 2 atom stereocenters. The van der Waals surface area contributed by atoms with Crippen LogP contribution in [0.4, 0.5) is 0 Å². The van der Waals surface area contributed by atoms with Crippen molar-refractivity contribution < 1.29 is 27.5 Å². The van der Waals surface area contributed by atoms with Gasteiger partial charge in [0.05, 0.1) is 7.11 Å². The molecule has 0 bridgehead atoms. The number of halogens is 2. The van der Waals surface area contributed by atoms with Crippen molar-refractivity contribution in [2.45, 2.75) is 39.9 Å². The standard InChI is InChI=1S/C16H17Br2NO6S/c1-15(2)11(19-13(21)16(17,18)14(19)26(15,22)23)12(20)25-8-9-4-6-10(24-3)7-5-9/h4-7,11,14H,8H2,1-3H3/t11-,14+/m0/s1. The van der Waals surface area contributed by atoms with Gasteiger partial charge in [-0.05, 0) is 31.5 Å². The van der Waals surface area contributed by atoms with E-state index in [9.17, 15) is 18.0 Å². The molecule has 0 aromatic heterocycles. The van der Waals surface area contributed by atoms with Crippen LogP contribution >= 0.6 is 31.9 Å². The van der Waals surface area contributed by atoms with Gasteiger partial charge in [-0.15, -0.1) is 0 Å². The molecular formula is C16H17Br2NO6S. The highest BCUT2D eigenvalue weighted by atomic mass is 79.9. The Hall–Kier alpha value is -1.13. The van der Waals surface area contributed by atoms with E-state index < -0.39 is 41.1 Å². The van der Waals surface area contributed by atoms with Crippen molar-refractivity contribution in [3.8, 4) is 5.75 Å². The maximum absolute atomic E-state index is 12.8. The lowest BCUT2D eigenvalue weighted by Crippen LogP contribution is -2.69. The van der Waals surface area contributed by atoms with Crippen LogP contribution in [-0.2, 0) is 30.8 Å². The zero-order valence-corrected chi connectivity index (χ0v) is 18.2. The topological polar surface area (TPSA) is 90.0 Å². The third kappa shape index (κ3) is 2.60. The first-order valence-corrected chi connectivity index (χ1v) is 10.8. The molecule has 7 nitrogen and oxygen atoms in total. The molecule has 0 saturated carbocycles. The zero-order chi connectivity index (χ0) is 19.5. The number of esters is 1. The molecule has 1 aromatic rings. The maximum Gasteiger partial charge on any atom is 0.330 e. The Balaban J connectivity index is 1.81. The molecule has 10 heteroatoms. The van der Waals surface area contributed by atoms with Crippen LogP contribution in [-0.4, -0.2) is 51.7 Å². The van der Waals surface area contributed by atoms with E-state index in [2.05, 4.69) is 31.9 Å². The minimum absolute atomic E-state index is 0.0318. The lowest BCUT2D eigenvalue weighted by molar-refractivity contribution is -0.162. The highest BCUT2D eigenvalue weighted by molar-refractivity contribution is 9.26. The number of fused-ring (bicyclic) bond motifs is 1. The van der Waals surface area contributed by atoms with Crippen LogP contribution in [0.15, 0.2) is 24.3 Å². The second-order valence-corrected chi connectivity index (χ2v) is 12.8. The van der Waals surface area contributed by atoms with Crippen molar-refractivity contribution in [1.29, 1.82) is 0 Å². The predicted molar refractivity (Wildman–Crippen MR) is 101 cm³/mol. The number of sulfone groups is 1. The Bertz CT molecular complexity index is 865. The van der Waals surface area contributed by atoms with E-state index in [4.69, 9.17) is 9.47 Å². The lowest BCUT2D eigenvalue weighted by atomic mass is 9.98. The van der Waals surface area contributed by atoms with Gasteiger partial charge in [-0.25, -0.2) is 13.2 Å². The second kappa shape index (κ2) is 6.20. The fraction of sp³-hybridized carbons (Fsp3) is 0.500. The highest BCUT2D eigenvalue weighted by Crippen LogP contribution is 2.56. The van der Waals surface area contributed by atoms with Gasteiger partial charge in [-0.3, -0.25) is 4.79 Å². The Morgan fingerprint density at radius 3 is 2.35 bits per heavy atom. The van der Waals surface area contributed by atoms with Gasteiger partial charge in [-0.1, -0.05) is 44.0 Å². The van der Waals surface area contributed by atoms with Gasteiger partial charge in [0.15, 0.2) is 18.4 Å². The number of ether oxygens (including phenoxy) is 2. The van der Waals surface area contributed by atoms with E-state index in [1.54, 1.807) is 31.4 Å². The third-order valence-electron chi connectivity index (χ3n) is 4.81. The molecule has 0 N–H and O–H groups in total. The van der Waals surface area contributed by atoms with Crippen LogP contribution in [0.3, 0.4) is 0 Å². The average Bonchev–Trinajstić information content (AvgIpc) is 2.74. The number of hydrogen-bond donors (Lipinski definition) is 0. The summed E-state index contributed by atoms with van der Waals surface area (Å²) < 4.78 is 33.2. The van der Waals surface area contributed by atoms with Crippen LogP contribution in [0.5, 0.6) is 5.75 Å². The van der Waals surface area contributed by atoms with Crippen molar-refractivity contribution in [1.82, 2.24) is 4.90 Å². The summed E-state index contributed by atoms with van der Waals surface area (Å²) >= 11 is 6.22. The van der Waals surface area contributed by atoms with Crippen LogP contribution in [0.25, 0.3) is 0 Å². The Morgan fingerprint density at radius 2 is 1.81 bits per heavy atom. The van der Waals surface area contributed by atoms with Crippen LogP contribution in [0.2, 0.25) is 0 Å². The van der Waals surface area contributed by atoms with Gasteiger partial charge in [0, 0.05) is 0 Å². The van der Waals surface area contributed by atoms with Crippen molar-refractivity contribution in [3.05, 3.63) is 29.8 Å². The first kappa shape index (κ1) is 19.6. The van der Waals surface area contributed by atoms with Crippen molar-refractivity contribution >= 4 is 53.6 Å². The molecule has 0 aliphatic carbocycles. The quantitative estimate of drug-likeness (QED) is 0.349. The van der Waals surface area contributed by atoms with Crippen LogP contribution < -0.4 is 4.74 Å². The number of methoxy groups -OCH3 is 1. The predicted octanol–water partition coefficient (Wildman–Crippen LogP) is 1.97. The molecule has 0 spiro atoms. The number of carbonyl (C=O) groups excluding carboxylic acids is 2. The van der Waals surface area contributed by atoms with E-state index >= 15 is 0 Å². The monoisotopic (exact) mass is 509 g/mol. The molecule has 2 saturated heterocycles. The normalized spacial score (nSPS) is 27.4. The molecule has 2 aliphatic heterocycles. The summed E-state index contributed by atoms with van der Waals surface area (Å²) in [6.07, 6.45) is 0. The molecule has 1 amide bonds. The van der Waals surface area contributed by atoms with Crippen molar-refractivity contribution in [3.63, 3.8) is 0 Å². The Kier molecular flexibility index (Phi) is 4.68. The minimum Gasteiger partial charge on any atom is -0.497 e. The number of alkyl halides is 2. The average molecular weight is 511 g/mol. The molecule has 2 fully saturated rings. The summed E-state index contributed by atoms with van der Waals surface area (Å²) in [5.74, 6) is -0.591. The van der Waals surface area contributed by atoms with Crippen molar-refractivity contribution in [2.75, 3.05) is 7.11 Å². The summed E-state index contributed by atoms with van der Waals surface area (Å²) in [5, 5.41) is -1.16. The van der Waals surface area contributed by atoms with E-state index in [0.29, 0.717) is 5.75 Å². The molecule has 1 aromatic carbocycles. The molecule has 26 heavy (non-hydrogen) atoms. The van der Waals surface area contributed by atoms with Gasteiger partial charge >= 0.3 is 5.97 Å². The largest absolute Gasteiger partial charge is 0.497 e. The molecule has 142 valence electrons. The SMILES string of the molecule is COc1ccc(COC(=O)[C@@H]2N3C(=O)C(Br)(Br)[C@H]3S(=O)(=O)C2(C)C)cc1. The van der Waals surface area contributed by atoms with E-state index in [1.165, 1.54) is 13.8 Å². The minimum atomic E-state index is -3.80. The number of hydrogen-bond acceptors (Lipinski definition) is 6. The third-order valence-corrected chi connectivity index (χ3v) is 9.82. The Labute approximate surface area is 168 Å². The molecule has 2 aliphatic rings. The summed E-state index contributed by atoms with van der Waals surface area (Å²) in [5.41, 5.74) is 0.722. The number of benzene rings is 1. The summed E-state index contributed by atoms with van der Waals surface area (Å²) in [6.45, 7) is 2.84. The number of nitrogens with zero attached hydrogens (tertiary/aromatic N) is 1. The van der Waals surface area contributed by atoms with Gasteiger partial charge < -0.3 is 14.4 Å². The number of amides is 1. The lowest BCUT2D eigenvalue weighted by Gasteiger charge is -2.45. The smallest absolute Gasteiger partial charge is 0.330 e. The van der Waals surface area contributed by atoms with E-state index in [1.807, 2.05) is 0 Å². The maximum atomic E-state index is 12.8. The molecular weight excluding hydrogens is 494 g/mol. The van der Waals surface area contributed by atoms with Gasteiger partial charge in [0.2, 0.25) is 0 Å². The summed E-state index contributed by atoms with van der Waals surface area (Å²) in [6, 6.07) is 5.73. The summed E-state index contributed by atoms with van der Waals surface area (Å²) in [7, 11) is -2.25. The van der Waals surface area contributed by atoms with Crippen LogP contribution in [0, 0.1) is 0 Å². The van der Waals surface area contributed by atoms with Crippen molar-refractivity contribution in [2.24, 2.45) is 0 Å². The van der Waals surface area contributed by atoms with Gasteiger partial charge in [-0.2, -0.15) is 0 Å². The molecule has 0 radical (unpaired) electrons. The second-order valence-electron chi connectivity index (χ2n) is 6.69. The zero-order valence-electron chi connectivity index (χ0n) is 14.2. The van der Waals surface area contributed by atoms with Crippen LogP contribution in [0.1, 0.15) is 19.4 Å². The fourth-order valence-corrected chi connectivity index (χ4v) is 7.65. The first-order chi connectivity index (χ1) is 12.0. The Morgan fingerprint density at radius 1 is 1.23 bits per heavy atom. The molecule has 2 heterocycles. The van der Waals surface area contributed by atoms with E-state index in [0.717, 1.165) is 10.5 Å². The number of carbonyl (C=O) groups is 2. The fourth-order valence-electron chi connectivity index (χ4n) is 3.22. The molecule has 3 rings (SSSR count). The van der Waals surface area contributed by atoms with Gasteiger partial charge in [0.25, 0.3) is 5.91 Å².